The highest BCUT2D eigenvalue weighted by molar-refractivity contribution is 5.75. The normalized spacial score (nSPS) is 21.8. The Hall–Kier alpha value is -2.33. The Balaban J connectivity index is 1.37. The van der Waals surface area contributed by atoms with Gasteiger partial charge < -0.3 is 4.98 Å². The minimum atomic E-state index is 0.0349. The lowest BCUT2D eigenvalue weighted by atomic mass is 9.86. The van der Waals surface area contributed by atoms with E-state index >= 15 is 0 Å². The minimum absolute atomic E-state index is 0.0349. The summed E-state index contributed by atoms with van der Waals surface area (Å²) in [5.74, 6) is 0. The van der Waals surface area contributed by atoms with Crippen molar-refractivity contribution in [3.63, 3.8) is 0 Å². The van der Waals surface area contributed by atoms with E-state index in [1.54, 1.807) is 0 Å². The second-order valence-corrected chi connectivity index (χ2v) is 7.69. The van der Waals surface area contributed by atoms with Crippen molar-refractivity contribution in [3.05, 3.63) is 70.1 Å². The van der Waals surface area contributed by atoms with E-state index in [4.69, 9.17) is 0 Å². The van der Waals surface area contributed by atoms with Gasteiger partial charge in [0, 0.05) is 25.2 Å². The molecule has 0 radical (unpaired) electrons. The van der Waals surface area contributed by atoms with Gasteiger partial charge >= 0.3 is 5.69 Å². The molecule has 26 heavy (non-hydrogen) atoms. The van der Waals surface area contributed by atoms with Crippen molar-refractivity contribution in [2.24, 2.45) is 0 Å². The van der Waals surface area contributed by atoms with Crippen LogP contribution in [0.3, 0.4) is 0 Å². The molecule has 134 valence electrons. The van der Waals surface area contributed by atoms with E-state index in [0.29, 0.717) is 12.1 Å². The van der Waals surface area contributed by atoms with Gasteiger partial charge in [-0.05, 0) is 55.4 Å². The van der Waals surface area contributed by atoms with Crippen molar-refractivity contribution < 1.29 is 0 Å². The van der Waals surface area contributed by atoms with Gasteiger partial charge in [0.05, 0.1) is 11.0 Å². The summed E-state index contributed by atoms with van der Waals surface area (Å²) in [6.07, 6.45) is 5.84. The molecule has 1 N–H and O–H groups in total. The Morgan fingerprint density at radius 3 is 2.58 bits per heavy atom. The first-order chi connectivity index (χ1) is 12.8. The highest BCUT2D eigenvalue weighted by Gasteiger charge is 2.30. The molecule has 1 fully saturated rings. The van der Waals surface area contributed by atoms with Gasteiger partial charge in [-0.15, -0.1) is 0 Å². The molecular formula is C22H25N3O. The number of H-pyrrole nitrogens is 1. The zero-order chi connectivity index (χ0) is 17.5. The quantitative estimate of drug-likeness (QED) is 0.760. The zero-order valence-corrected chi connectivity index (χ0v) is 15.0. The van der Waals surface area contributed by atoms with Gasteiger partial charge in [0.25, 0.3) is 0 Å². The van der Waals surface area contributed by atoms with Gasteiger partial charge in [-0.3, -0.25) is 9.47 Å². The molecule has 1 aliphatic heterocycles. The summed E-state index contributed by atoms with van der Waals surface area (Å²) in [6, 6.07) is 17.8. The highest BCUT2D eigenvalue weighted by Crippen LogP contribution is 2.37. The molecule has 5 rings (SSSR count). The Morgan fingerprint density at radius 1 is 0.923 bits per heavy atom. The topological polar surface area (TPSA) is 41.0 Å². The van der Waals surface area contributed by atoms with Gasteiger partial charge in [-0.2, -0.15) is 0 Å². The van der Waals surface area contributed by atoms with E-state index in [1.807, 2.05) is 22.8 Å². The number of piperidine rings is 1. The average molecular weight is 347 g/mol. The summed E-state index contributed by atoms with van der Waals surface area (Å²) < 4.78 is 1.99. The molecule has 0 unspecified atom stereocenters. The number of nitrogens with one attached hydrogen (secondary N) is 1. The maximum absolute atomic E-state index is 12.5. The zero-order valence-electron chi connectivity index (χ0n) is 15.0. The summed E-state index contributed by atoms with van der Waals surface area (Å²) in [5, 5.41) is 0. The third kappa shape index (κ3) is 2.60. The number of hydrogen-bond acceptors (Lipinski definition) is 2. The molecule has 1 saturated heterocycles. The van der Waals surface area contributed by atoms with E-state index in [9.17, 15) is 4.79 Å². The number of hydrogen-bond donors (Lipinski definition) is 1. The second-order valence-electron chi connectivity index (χ2n) is 7.69. The van der Waals surface area contributed by atoms with Crippen molar-refractivity contribution in [2.45, 2.75) is 44.2 Å². The maximum Gasteiger partial charge on any atom is 0.326 e. The van der Waals surface area contributed by atoms with E-state index in [1.165, 1.54) is 30.4 Å². The number of para-hydroxylation sites is 2. The van der Waals surface area contributed by atoms with Crippen LogP contribution in [0.1, 0.15) is 48.9 Å². The van der Waals surface area contributed by atoms with E-state index in [2.05, 4.69) is 40.2 Å². The highest BCUT2D eigenvalue weighted by atomic mass is 16.1. The lowest BCUT2D eigenvalue weighted by molar-refractivity contribution is 0.123. The van der Waals surface area contributed by atoms with E-state index in [0.717, 1.165) is 37.0 Å². The molecule has 3 aromatic rings. The van der Waals surface area contributed by atoms with Gasteiger partial charge in [-0.25, -0.2) is 4.79 Å². The number of nitrogens with zero attached hydrogens (tertiary/aromatic N) is 2. The van der Waals surface area contributed by atoms with Crippen molar-refractivity contribution in [1.82, 2.24) is 14.5 Å². The molecule has 0 saturated carbocycles. The summed E-state index contributed by atoms with van der Waals surface area (Å²) in [7, 11) is 0. The first-order valence-electron chi connectivity index (χ1n) is 9.82. The number of aromatic nitrogens is 2. The summed E-state index contributed by atoms with van der Waals surface area (Å²) >= 11 is 0. The van der Waals surface area contributed by atoms with Gasteiger partial charge in [0.15, 0.2) is 0 Å². The monoisotopic (exact) mass is 347 g/mol. The molecule has 0 spiro atoms. The number of likely N-dealkylation sites (tertiary alicyclic amines) is 1. The van der Waals surface area contributed by atoms with Crippen LogP contribution in [-0.2, 0) is 6.42 Å². The van der Waals surface area contributed by atoms with Crippen LogP contribution in [0.5, 0.6) is 0 Å². The van der Waals surface area contributed by atoms with Gasteiger partial charge in [0.1, 0.15) is 0 Å². The SMILES string of the molecule is O=c1[nH]c2ccccc2n1C1CCN([C@H]2CCCc3ccccc32)CC1. The second kappa shape index (κ2) is 6.44. The third-order valence-corrected chi connectivity index (χ3v) is 6.27. The van der Waals surface area contributed by atoms with Crippen LogP contribution < -0.4 is 5.69 Å². The van der Waals surface area contributed by atoms with E-state index in [-0.39, 0.29) is 5.69 Å². The Kier molecular flexibility index (Phi) is 3.93. The number of aryl methyl sites for hydroxylation is 1. The molecule has 1 aromatic heterocycles. The van der Waals surface area contributed by atoms with Crippen LogP contribution in [0, 0.1) is 0 Å². The molecule has 1 aliphatic carbocycles. The lowest BCUT2D eigenvalue weighted by Crippen LogP contribution is -2.40. The van der Waals surface area contributed by atoms with Gasteiger partial charge in [-0.1, -0.05) is 36.4 Å². The molecular weight excluding hydrogens is 322 g/mol. The van der Waals surface area contributed by atoms with Crippen LogP contribution >= 0.6 is 0 Å². The molecule has 2 aromatic carbocycles. The number of imidazole rings is 1. The lowest BCUT2D eigenvalue weighted by Gasteiger charge is -2.40. The maximum atomic E-state index is 12.5. The van der Waals surface area contributed by atoms with Crippen LogP contribution in [-0.4, -0.2) is 27.5 Å². The largest absolute Gasteiger partial charge is 0.326 e. The van der Waals surface area contributed by atoms with Crippen molar-refractivity contribution in [3.8, 4) is 0 Å². The molecule has 0 bridgehead atoms. The summed E-state index contributed by atoms with van der Waals surface area (Å²) in [5.41, 5.74) is 5.08. The molecule has 4 heteroatoms. The average Bonchev–Trinajstić information content (AvgIpc) is 3.03. The van der Waals surface area contributed by atoms with E-state index < -0.39 is 0 Å². The first kappa shape index (κ1) is 15.9. The molecule has 1 atom stereocenters. The third-order valence-electron chi connectivity index (χ3n) is 6.27. The van der Waals surface area contributed by atoms with Crippen molar-refractivity contribution in [2.75, 3.05) is 13.1 Å². The fourth-order valence-corrected chi connectivity index (χ4v) is 5.00. The van der Waals surface area contributed by atoms with Gasteiger partial charge in [0.2, 0.25) is 0 Å². The van der Waals surface area contributed by atoms with Crippen LogP contribution in [0.25, 0.3) is 11.0 Å². The number of fused-ring (bicyclic) bond motifs is 2. The predicted octanol–water partition coefficient (Wildman–Crippen LogP) is 4.04. The Morgan fingerprint density at radius 2 is 1.69 bits per heavy atom. The minimum Gasteiger partial charge on any atom is -0.306 e. The fourth-order valence-electron chi connectivity index (χ4n) is 5.00. The van der Waals surface area contributed by atoms with Crippen molar-refractivity contribution in [1.29, 1.82) is 0 Å². The number of aromatic amines is 1. The number of rotatable bonds is 2. The molecule has 2 heterocycles. The molecule has 4 nitrogen and oxygen atoms in total. The Bertz CT molecular complexity index is 978. The van der Waals surface area contributed by atoms with Crippen LogP contribution in [0.15, 0.2) is 53.3 Å². The summed E-state index contributed by atoms with van der Waals surface area (Å²) in [6.45, 7) is 2.13. The fraction of sp³-hybridized carbons (Fsp3) is 0.409. The Labute approximate surface area is 153 Å². The predicted molar refractivity (Wildman–Crippen MR) is 105 cm³/mol. The standard InChI is InChI=1S/C22H25N3O/c26-22-23-19-9-3-4-10-21(19)25(22)17-12-14-24(15-13-17)20-11-5-7-16-6-1-2-8-18(16)20/h1-4,6,8-10,17,20H,5,7,11-15H2,(H,23,26)/t20-/m0/s1. The number of benzene rings is 2. The van der Waals surface area contributed by atoms with Crippen LogP contribution in [0.2, 0.25) is 0 Å². The smallest absolute Gasteiger partial charge is 0.306 e. The molecule has 2 aliphatic rings. The summed E-state index contributed by atoms with van der Waals surface area (Å²) in [4.78, 5) is 18.1. The first-order valence-corrected chi connectivity index (χ1v) is 9.82. The van der Waals surface area contributed by atoms with Crippen LogP contribution in [0.4, 0.5) is 0 Å². The van der Waals surface area contributed by atoms with Crippen molar-refractivity contribution >= 4 is 11.0 Å². The molecule has 0 amide bonds.